The molecule has 220 valence electrons. The lowest BCUT2D eigenvalue weighted by atomic mass is 9.78. The molecule has 5 aromatic carbocycles. The Hall–Kier alpha value is -3.83. The molecule has 1 heterocycles. The van der Waals surface area contributed by atoms with Crippen molar-refractivity contribution < 1.29 is 14.3 Å². The summed E-state index contributed by atoms with van der Waals surface area (Å²) in [4.78, 5) is 39.1. The first-order valence-corrected chi connectivity index (χ1v) is 16.1. The number of carbonyl (C=O) groups is 1. The molecular weight excluding hydrogens is 738 g/mol. The van der Waals surface area contributed by atoms with Crippen LogP contribution in [0.25, 0.3) is 43.6 Å². The summed E-state index contributed by atoms with van der Waals surface area (Å²) in [5.41, 5.74) is 4.16. The van der Waals surface area contributed by atoms with Crippen LogP contribution in [0.15, 0.2) is 86.9 Å². The molecule has 0 saturated carbocycles. The summed E-state index contributed by atoms with van der Waals surface area (Å²) >= 11 is 5.46. The van der Waals surface area contributed by atoms with Crippen LogP contribution in [0.3, 0.4) is 0 Å². The zero-order valence-corrected chi connectivity index (χ0v) is 27.0. The summed E-state index contributed by atoms with van der Waals surface area (Å²) in [5, 5.41) is 14.1. The first-order valence-electron chi connectivity index (χ1n) is 14.3. The number of carboxylic acids is 1. The summed E-state index contributed by atoms with van der Waals surface area (Å²) in [5.74, 6) is -0.992. The predicted octanol–water partition coefficient (Wildman–Crippen LogP) is 7.60. The van der Waals surface area contributed by atoms with Gasteiger partial charge in [-0.25, -0.2) is 9.18 Å². The standard InChI is InChI=1S/C35H25BrFIN2O4/c36-21-8-6-20(29(37)16-21)14-18-4-5-19-7-9-24-22-2-1-3-23(25(22)10-11-26(24)28(19)15-18)27-12-13-30-32(33(27)38)34(43)39-35(44)40(30)17-31(41)42/h1-3,6-13,16,18H,4-5,14-15,17H2,(H,41,42)(H,39,43,44). The zero-order valence-electron chi connectivity index (χ0n) is 23.3. The Labute approximate surface area is 272 Å². The molecule has 44 heavy (non-hydrogen) atoms. The van der Waals surface area contributed by atoms with Gasteiger partial charge in [-0.2, -0.15) is 0 Å². The van der Waals surface area contributed by atoms with Crippen molar-refractivity contribution in [1.29, 1.82) is 0 Å². The molecule has 0 aliphatic heterocycles. The van der Waals surface area contributed by atoms with Gasteiger partial charge >= 0.3 is 11.7 Å². The smallest absolute Gasteiger partial charge is 0.329 e. The largest absolute Gasteiger partial charge is 0.480 e. The van der Waals surface area contributed by atoms with Crippen LogP contribution in [0.1, 0.15) is 23.1 Å². The third kappa shape index (κ3) is 4.95. The molecule has 0 spiro atoms. The summed E-state index contributed by atoms with van der Waals surface area (Å²) in [6, 6.07) is 23.6. The van der Waals surface area contributed by atoms with Crippen molar-refractivity contribution in [2.75, 3.05) is 0 Å². The highest BCUT2D eigenvalue weighted by Crippen LogP contribution is 2.40. The zero-order chi connectivity index (χ0) is 30.7. The molecule has 6 aromatic rings. The SMILES string of the molecule is O=C(O)Cn1c(=O)[nH]c(=O)c2c(I)c(-c3cccc4c3ccc3c5c(ccc34)CCC(Cc3ccc(Br)cc3F)C5)ccc21. The number of aromatic nitrogens is 2. The van der Waals surface area contributed by atoms with Crippen LogP contribution in [0.5, 0.6) is 0 Å². The fourth-order valence-electron chi connectivity index (χ4n) is 6.76. The van der Waals surface area contributed by atoms with Crippen LogP contribution in [-0.2, 0) is 30.6 Å². The maximum Gasteiger partial charge on any atom is 0.329 e. The number of halogens is 3. The fraction of sp³-hybridized carbons (Fsp3) is 0.171. The van der Waals surface area contributed by atoms with E-state index >= 15 is 0 Å². The van der Waals surface area contributed by atoms with Crippen LogP contribution in [-0.4, -0.2) is 20.6 Å². The van der Waals surface area contributed by atoms with Crippen molar-refractivity contribution in [3.63, 3.8) is 0 Å². The molecule has 0 fully saturated rings. The first-order chi connectivity index (χ1) is 21.2. The van der Waals surface area contributed by atoms with Crippen molar-refractivity contribution in [1.82, 2.24) is 9.55 Å². The Balaban J connectivity index is 1.33. The molecule has 6 nitrogen and oxygen atoms in total. The van der Waals surface area contributed by atoms with E-state index < -0.39 is 23.8 Å². The summed E-state index contributed by atoms with van der Waals surface area (Å²) < 4.78 is 17.1. The second-order valence-electron chi connectivity index (χ2n) is 11.4. The van der Waals surface area contributed by atoms with Crippen molar-refractivity contribution in [2.45, 2.75) is 32.2 Å². The number of nitrogens with one attached hydrogen (secondary N) is 1. The van der Waals surface area contributed by atoms with Crippen LogP contribution >= 0.6 is 38.5 Å². The second kappa shape index (κ2) is 11.3. The molecule has 0 amide bonds. The molecule has 9 heteroatoms. The minimum Gasteiger partial charge on any atom is -0.480 e. The molecule has 0 radical (unpaired) electrons. The van der Waals surface area contributed by atoms with E-state index in [2.05, 4.69) is 73.8 Å². The van der Waals surface area contributed by atoms with Gasteiger partial charge in [-0.15, -0.1) is 0 Å². The van der Waals surface area contributed by atoms with E-state index in [1.165, 1.54) is 22.6 Å². The molecule has 1 aromatic heterocycles. The highest BCUT2D eigenvalue weighted by atomic mass is 127. The number of aromatic amines is 1. The number of benzene rings is 5. The highest BCUT2D eigenvalue weighted by molar-refractivity contribution is 14.1. The van der Waals surface area contributed by atoms with Gasteiger partial charge in [0.15, 0.2) is 0 Å². The van der Waals surface area contributed by atoms with Crippen LogP contribution in [0.4, 0.5) is 4.39 Å². The number of aryl methyl sites for hydroxylation is 1. The van der Waals surface area contributed by atoms with E-state index in [1.807, 2.05) is 30.3 Å². The van der Waals surface area contributed by atoms with Gasteiger partial charge < -0.3 is 5.11 Å². The normalized spacial score (nSPS) is 14.8. The highest BCUT2D eigenvalue weighted by Gasteiger charge is 2.23. The lowest BCUT2D eigenvalue weighted by molar-refractivity contribution is -0.137. The van der Waals surface area contributed by atoms with E-state index in [0.717, 1.165) is 61.2 Å². The minimum absolute atomic E-state index is 0.169. The van der Waals surface area contributed by atoms with Crippen molar-refractivity contribution in [3.8, 4) is 11.1 Å². The molecule has 1 atom stereocenters. The van der Waals surface area contributed by atoms with E-state index in [0.29, 0.717) is 15.9 Å². The average molecular weight is 763 g/mol. The maximum atomic E-state index is 14.6. The third-order valence-electron chi connectivity index (χ3n) is 8.79. The topological polar surface area (TPSA) is 92.2 Å². The van der Waals surface area contributed by atoms with Crippen molar-refractivity contribution >= 4 is 76.9 Å². The van der Waals surface area contributed by atoms with E-state index in [4.69, 9.17) is 0 Å². The Morgan fingerprint density at radius 3 is 2.55 bits per heavy atom. The molecule has 0 bridgehead atoms. The first kappa shape index (κ1) is 28.9. The van der Waals surface area contributed by atoms with Crippen LogP contribution < -0.4 is 11.2 Å². The number of H-pyrrole nitrogens is 1. The molecule has 1 unspecified atom stereocenters. The number of carboxylic acid groups (broad SMARTS) is 1. The number of rotatable bonds is 5. The van der Waals surface area contributed by atoms with Gasteiger partial charge in [-0.1, -0.05) is 70.5 Å². The lowest BCUT2D eigenvalue weighted by Gasteiger charge is -2.26. The van der Waals surface area contributed by atoms with E-state index in [1.54, 1.807) is 6.07 Å². The molecule has 2 N–H and O–H groups in total. The molecule has 7 rings (SSSR count). The lowest BCUT2D eigenvalue weighted by Crippen LogP contribution is -2.32. The van der Waals surface area contributed by atoms with E-state index in [9.17, 15) is 23.9 Å². The fourth-order valence-corrected chi connectivity index (χ4v) is 8.08. The average Bonchev–Trinajstić information content (AvgIpc) is 2.99. The van der Waals surface area contributed by atoms with Crippen molar-refractivity contribution in [2.24, 2.45) is 5.92 Å². The number of fused-ring (bicyclic) bond motifs is 6. The summed E-state index contributed by atoms with van der Waals surface area (Å²) in [6.45, 7) is -0.551. The molecule has 1 aliphatic carbocycles. The van der Waals surface area contributed by atoms with Gasteiger partial charge in [0.25, 0.3) is 5.56 Å². The van der Waals surface area contributed by atoms with Gasteiger partial charge in [0.1, 0.15) is 12.4 Å². The molecular formula is C35H25BrFIN2O4. The van der Waals surface area contributed by atoms with Crippen LogP contribution in [0, 0.1) is 15.3 Å². The maximum absolute atomic E-state index is 14.6. The Kier molecular flexibility index (Phi) is 7.40. The predicted molar refractivity (Wildman–Crippen MR) is 183 cm³/mol. The molecule has 0 saturated heterocycles. The third-order valence-corrected chi connectivity index (χ3v) is 10.4. The van der Waals surface area contributed by atoms with Gasteiger partial charge in [-0.05, 0) is 122 Å². The van der Waals surface area contributed by atoms with Gasteiger partial charge in [0.2, 0.25) is 0 Å². The number of hydrogen-bond acceptors (Lipinski definition) is 3. The number of aliphatic carboxylic acids is 1. The Morgan fingerprint density at radius 1 is 0.977 bits per heavy atom. The number of nitrogens with zero attached hydrogens (tertiary/aromatic N) is 1. The minimum atomic E-state index is -1.17. The quantitative estimate of drug-likeness (QED) is 0.140. The van der Waals surface area contributed by atoms with Gasteiger partial charge in [0, 0.05) is 8.04 Å². The van der Waals surface area contributed by atoms with E-state index in [-0.39, 0.29) is 16.7 Å². The summed E-state index contributed by atoms with van der Waals surface area (Å²) in [6.07, 6.45) is 3.57. The van der Waals surface area contributed by atoms with Crippen LogP contribution in [0.2, 0.25) is 0 Å². The summed E-state index contributed by atoms with van der Waals surface area (Å²) in [7, 11) is 0. The van der Waals surface area contributed by atoms with Gasteiger partial charge in [-0.3, -0.25) is 19.1 Å². The van der Waals surface area contributed by atoms with Crippen molar-refractivity contribution in [3.05, 3.63) is 124 Å². The second-order valence-corrected chi connectivity index (χ2v) is 13.4. The monoisotopic (exact) mass is 762 g/mol. The molecule has 1 aliphatic rings. The number of hydrogen-bond donors (Lipinski definition) is 2. The Bertz CT molecular complexity index is 2290. The Morgan fingerprint density at radius 2 is 1.75 bits per heavy atom. The van der Waals surface area contributed by atoms with Gasteiger partial charge in [0.05, 0.1) is 10.9 Å².